The number of amides is 1. The lowest BCUT2D eigenvalue weighted by molar-refractivity contribution is 0.102. The Bertz CT molecular complexity index is 703. The second kappa shape index (κ2) is 5.80. The summed E-state index contributed by atoms with van der Waals surface area (Å²) in [5.41, 5.74) is 7.49. The molecule has 0 radical (unpaired) electrons. The third-order valence-electron chi connectivity index (χ3n) is 3.05. The van der Waals surface area contributed by atoms with Crippen LogP contribution in [0.5, 0.6) is 11.5 Å². The predicted octanol–water partition coefficient (Wildman–Crippen LogP) is 2.90. The maximum Gasteiger partial charge on any atom is 0.255 e. The van der Waals surface area contributed by atoms with Crippen LogP contribution < -0.4 is 20.5 Å². The molecular formula is C15H13IN2O3. The lowest BCUT2D eigenvalue weighted by atomic mass is 10.2. The number of halogens is 1. The fourth-order valence-electron chi connectivity index (χ4n) is 2.04. The Kier molecular flexibility index (Phi) is 3.87. The largest absolute Gasteiger partial charge is 0.486 e. The average molecular weight is 396 g/mol. The number of carbonyl (C=O) groups excluding carboxylic acids is 1. The van der Waals surface area contributed by atoms with Gasteiger partial charge in [0.2, 0.25) is 0 Å². The number of fused-ring (bicyclic) bond motifs is 1. The lowest BCUT2D eigenvalue weighted by Crippen LogP contribution is -2.17. The Morgan fingerprint density at radius 1 is 1.14 bits per heavy atom. The Morgan fingerprint density at radius 2 is 1.86 bits per heavy atom. The molecule has 0 spiro atoms. The van der Waals surface area contributed by atoms with Gasteiger partial charge in [-0.3, -0.25) is 4.79 Å². The summed E-state index contributed by atoms with van der Waals surface area (Å²) in [5.74, 6) is 0.983. The van der Waals surface area contributed by atoms with Crippen LogP contribution in [0.25, 0.3) is 0 Å². The van der Waals surface area contributed by atoms with Crippen LogP contribution in [0.3, 0.4) is 0 Å². The van der Waals surface area contributed by atoms with Crippen molar-refractivity contribution in [3.63, 3.8) is 0 Å². The number of rotatable bonds is 2. The molecule has 0 aliphatic carbocycles. The molecule has 21 heavy (non-hydrogen) atoms. The van der Waals surface area contributed by atoms with Gasteiger partial charge in [0.15, 0.2) is 11.5 Å². The highest BCUT2D eigenvalue weighted by Gasteiger charge is 2.16. The summed E-state index contributed by atoms with van der Waals surface area (Å²) in [4.78, 5) is 12.2. The van der Waals surface area contributed by atoms with Crippen molar-refractivity contribution in [3.8, 4) is 11.5 Å². The van der Waals surface area contributed by atoms with Crippen molar-refractivity contribution in [2.24, 2.45) is 0 Å². The van der Waals surface area contributed by atoms with Crippen molar-refractivity contribution < 1.29 is 14.3 Å². The van der Waals surface area contributed by atoms with Gasteiger partial charge in [0, 0.05) is 21.3 Å². The topological polar surface area (TPSA) is 73.6 Å². The van der Waals surface area contributed by atoms with Gasteiger partial charge in [-0.15, -0.1) is 0 Å². The van der Waals surface area contributed by atoms with Gasteiger partial charge < -0.3 is 20.5 Å². The van der Waals surface area contributed by atoms with Crippen LogP contribution in [-0.4, -0.2) is 19.1 Å². The molecule has 1 amide bonds. The van der Waals surface area contributed by atoms with Crippen molar-refractivity contribution in [2.45, 2.75) is 0 Å². The van der Waals surface area contributed by atoms with Crippen LogP contribution in [0.2, 0.25) is 0 Å². The molecule has 0 unspecified atom stereocenters. The summed E-state index contributed by atoms with van der Waals surface area (Å²) in [6.45, 7) is 0.988. The summed E-state index contributed by atoms with van der Waals surface area (Å²) < 4.78 is 11.9. The number of anilines is 2. The molecule has 2 aromatic rings. The van der Waals surface area contributed by atoms with Gasteiger partial charge in [-0.05, 0) is 40.8 Å². The maximum absolute atomic E-state index is 12.2. The summed E-state index contributed by atoms with van der Waals surface area (Å²) in [6, 6.07) is 10.7. The predicted molar refractivity (Wildman–Crippen MR) is 89.0 cm³/mol. The van der Waals surface area contributed by atoms with Crippen LogP contribution in [0.1, 0.15) is 10.4 Å². The molecule has 0 fully saturated rings. The quantitative estimate of drug-likeness (QED) is 0.605. The number of benzene rings is 2. The van der Waals surface area contributed by atoms with Gasteiger partial charge in [0.1, 0.15) is 13.2 Å². The van der Waals surface area contributed by atoms with Crippen molar-refractivity contribution in [1.29, 1.82) is 0 Å². The first-order chi connectivity index (χ1) is 10.1. The Morgan fingerprint density at radius 3 is 2.57 bits per heavy atom. The van der Waals surface area contributed by atoms with Crippen molar-refractivity contribution >= 4 is 39.9 Å². The van der Waals surface area contributed by atoms with E-state index in [1.807, 2.05) is 18.2 Å². The first-order valence-electron chi connectivity index (χ1n) is 6.39. The first-order valence-corrected chi connectivity index (χ1v) is 7.47. The standard InChI is InChI=1S/C15H13IN2O3/c16-10-3-1-2-9(6-10)15(19)18-12-8-14-13(7-11(12)17)20-4-5-21-14/h1-3,6-8H,4-5,17H2,(H,18,19). The third-order valence-corrected chi connectivity index (χ3v) is 3.72. The van der Waals surface area contributed by atoms with E-state index in [-0.39, 0.29) is 5.91 Å². The van der Waals surface area contributed by atoms with Crippen LogP contribution in [0.4, 0.5) is 11.4 Å². The number of nitrogens with one attached hydrogen (secondary N) is 1. The van der Waals surface area contributed by atoms with E-state index in [0.29, 0.717) is 41.7 Å². The summed E-state index contributed by atoms with van der Waals surface area (Å²) >= 11 is 2.16. The molecule has 6 heteroatoms. The number of ether oxygens (including phenoxy) is 2. The van der Waals surface area contributed by atoms with E-state index in [0.717, 1.165) is 3.57 Å². The fraction of sp³-hybridized carbons (Fsp3) is 0.133. The molecule has 0 saturated heterocycles. The van der Waals surface area contributed by atoms with E-state index in [1.54, 1.807) is 18.2 Å². The second-order valence-electron chi connectivity index (χ2n) is 4.55. The average Bonchev–Trinajstić information content (AvgIpc) is 2.48. The summed E-state index contributed by atoms with van der Waals surface area (Å²) in [6.07, 6.45) is 0. The van der Waals surface area contributed by atoms with Crippen molar-refractivity contribution in [1.82, 2.24) is 0 Å². The van der Waals surface area contributed by atoms with E-state index >= 15 is 0 Å². The monoisotopic (exact) mass is 396 g/mol. The first kappa shape index (κ1) is 14.0. The van der Waals surface area contributed by atoms with Crippen molar-refractivity contribution in [2.75, 3.05) is 24.3 Å². The number of carbonyl (C=O) groups is 1. The van der Waals surface area contributed by atoms with E-state index < -0.39 is 0 Å². The van der Waals surface area contributed by atoms with E-state index in [1.165, 1.54) is 0 Å². The number of hydrogen-bond acceptors (Lipinski definition) is 4. The van der Waals surface area contributed by atoms with Crippen LogP contribution in [-0.2, 0) is 0 Å². The van der Waals surface area contributed by atoms with Gasteiger partial charge in [-0.25, -0.2) is 0 Å². The molecule has 108 valence electrons. The van der Waals surface area contributed by atoms with Gasteiger partial charge >= 0.3 is 0 Å². The molecule has 3 N–H and O–H groups in total. The molecule has 3 rings (SSSR count). The van der Waals surface area contributed by atoms with Crippen LogP contribution in [0.15, 0.2) is 36.4 Å². The van der Waals surface area contributed by atoms with E-state index in [2.05, 4.69) is 27.9 Å². The Hall–Kier alpha value is -1.96. The lowest BCUT2D eigenvalue weighted by Gasteiger charge is -2.20. The zero-order valence-electron chi connectivity index (χ0n) is 11.1. The number of nitrogens with two attached hydrogens (primary N) is 1. The molecular weight excluding hydrogens is 383 g/mol. The summed E-state index contributed by atoms with van der Waals surface area (Å²) in [5, 5.41) is 2.80. The molecule has 0 saturated carbocycles. The highest BCUT2D eigenvalue weighted by atomic mass is 127. The minimum Gasteiger partial charge on any atom is -0.486 e. The van der Waals surface area contributed by atoms with Gasteiger partial charge in [0.05, 0.1) is 11.4 Å². The zero-order chi connectivity index (χ0) is 14.8. The highest BCUT2D eigenvalue weighted by molar-refractivity contribution is 14.1. The molecule has 5 nitrogen and oxygen atoms in total. The third kappa shape index (κ3) is 3.05. The smallest absolute Gasteiger partial charge is 0.255 e. The zero-order valence-corrected chi connectivity index (χ0v) is 13.2. The molecule has 2 aromatic carbocycles. The highest BCUT2D eigenvalue weighted by Crippen LogP contribution is 2.37. The second-order valence-corrected chi connectivity index (χ2v) is 5.79. The summed E-state index contributed by atoms with van der Waals surface area (Å²) in [7, 11) is 0. The minimum atomic E-state index is -0.211. The fourth-order valence-corrected chi connectivity index (χ4v) is 2.58. The van der Waals surface area contributed by atoms with Gasteiger partial charge in [0.25, 0.3) is 5.91 Å². The van der Waals surface area contributed by atoms with Gasteiger partial charge in [-0.1, -0.05) is 6.07 Å². The number of hydrogen-bond donors (Lipinski definition) is 2. The van der Waals surface area contributed by atoms with Crippen LogP contribution >= 0.6 is 22.6 Å². The molecule has 1 aliphatic heterocycles. The van der Waals surface area contributed by atoms with Crippen molar-refractivity contribution in [3.05, 3.63) is 45.5 Å². The van der Waals surface area contributed by atoms with Crippen LogP contribution in [0, 0.1) is 3.57 Å². The van der Waals surface area contributed by atoms with E-state index in [4.69, 9.17) is 15.2 Å². The molecule has 0 aromatic heterocycles. The normalized spacial score (nSPS) is 12.8. The molecule has 0 bridgehead atoms. The Balaban J connectivity index is 1.86. The van der Waals surface area contributed by atoms with E-state index in [9.17, 15) is 4.79 Å². The SMILES string of the molecule is Nc1cc2c(cc1NC(=O)c1cccc(I)c1)OCCO2. The molecule has 1 aliphatic rings. The molecule has 0 atom stereocenters. The van der Waals surface area contributed by atoms with Gasteiger partial charge in [-0.2, -0.15) is 0 Å². The Labute approximate surface area is 135 Å². The number of nitrogen functional groups attached to an aromatic ring is 1. The molecule has 1 heterocycles. The minimum absolute atomic E-state index is 0.211. The maximum atomic E-state index is 12.2.